The zero-order chi connectivity index (χ0) is 11.6. The Kier molecular flexibility index (Phi) is 4.45. The summed E-state index contributed by atoms with van der Waals surface area (Å²) in [5.41, 5.74) is 2.47. The molecule has 0 aromatic heterocycles. The van der Waals surface area contributed by atoms with Gasteiger partial charge in [-0.1, -0.05) is 13.3 Å². The van der Waals surface area contributed by atoms with Gasteiger partial charge in [0.2, 0.25) is 5.47 Å². The van der Waals surface area contributed by atoms with Crippen LogP contribution in [0.4, 0.5) is 0 Å². The van der Waals surface area contributed by atoms with E-state index in [2.05, 4.69) is 4.52 Å². The van der Waals surface area contributed by atoms with E-state index >= 15 is 0 Å². The van der Waals surface area contributed by atoms with Gasteiger partial charge in [0.05, 0.1) is 0 Å². The van der Waals surface area contributed by atoms with Gasteiger partial charge in [-0.3, -0.25) is 14.8 Å². The van der Waals surface area contributed by atoms with E-state index in [1.807, 2.05) is 0 Å². The first-order valence-corrected chi connectivity index (χ1v) is 6.77. The number of phosphoric acid groups is 1. The van der Waals surface area contributed by atoms with Gasteiger partial charge in [-0.25, -0.2) is 4.57 Å². The molecule has 0 aromatic rings. The van der Waals surface area contributed by atoms with Crippen LogP contribution in [0.5, 0.6) is 0 Å². The first kappa shape index (κ1) is 14.2. The third-order valence-corrected chi connectivity index (χ3v) is 3.39. The molecule has 0 aliphatic carbocycles. The molecule has 0 bridgehead atoms. The second-order valence-corrected chi connectivity index (χ2v) is 5.73. The molecule has 0 fully saturated rings. The summed E-state index contributed by atoms with van der Waals surface area (Å²) in [5.74, 6) is 0. The van der Waals surface area contributed by atoms with Gasteiger partial charge in [-0.05, 0) is 0 Å². The maximum Gasteiger partial charge on any atom is 0.471 e. The maximum atomic E-state index is 10.8. The first-order valence-electron chi connectivity index (χ1n) is 3.62. The molecule has 0 saturated heterocycles. The second-order valence-electron chi connectivity index (χ2n) is 2.72. The molecular formula is C4H13NO7P2. The van der Waals surface area contributed by atoms with Crippen LogP contribution in [-0.2, 0) is 13.7 Å². The lowest BCUT2D eigenvalue weighted by molar-refractivity contribution is 0.0720. The average molecular weight is 249 g/mol. The van der Waals surface area contributed by atoms with Crippen molar-refractivity contribution < 1.29 is 33.2 Å². The van der Waals surface area contributed by atoms with Crippen LogP contribution in [-0.4, -0.2) is 25.0 Å². The molecule has 0 saturated carbocycles. The number of rotatable bonds is 5. The third kappa shape index (κ3) is 4.16. The van der Waals surface area contributed by atoms with Crippen LogP contribution in [0.15, 0.2) is 0 Å². The maximum absolute atomic E-state index is 10.8. The number of hydrogen-bond acceptors (Lipinski definition) is 4. The second kappa shape index (κ2) is 4.38. The number of phosphoric ester groups is 1. The molecule has 14 heavy (non-hydrogen) atoms. The van der Waals surface area contributed by atoms with Gasteiger partial charge in [-0.15, -0.1) is 0 Å². The Balaban J connectivity index is 4.93. The quantitative estimate of drug-likeness (QED) is 0.328. The van der Waals surface area contributed by atoms with Crippen LogP contribution in [0.3, 0.4) is 0 Å². The van der Waals surface area contributed by atoms with Crippen molar-refractivity contribution in [1.29, 1.82) is 0 Å². The minimum absolute atomic E-state index is 0.210. The van der Waals surface area contributed by atoms with Gasteiger partial charge in [0, 0.05) is 6.42 Å². The zero-order valence-corrected chi connectivity index (χ0v) is 9.19. The smallest absolute Gasteiger partial charge is 0.321 e. The van der Waals surface area contributed by atoms with Crippen LogP contribution < -0.4 is 5.73 Å². The molecule has 1 unspecified atom stereocenters. The zero-order valence-electron chi connectivity index (χ0n) is 7.40. The highest BCUT2D eigenvalue weighted by Crippen LogP contribution is 2.56. The van der Waals surface area contributed by atoms with Gasteiger partial charge in [0.25, 0.3) is 0 Å². The highest BCUT2D eigenvalue weighted by molar-refractivity contribution is 7.54. The molecule has 0 aliphatic rings. The number of nitrogens with two attached hydrogens (primary N) is 1. The Morgan fingerprint density at radius 1 is 1.29 bits per heavy atom. The molecule has 86 valence electrons. The molecule has 0 radical (unpaired) electrons. The monoisotopic (exact) mass is 249 g/mol. The fourth-order valence-corrected chi connectivity index (χ4v) is 2.57. The lowest BCUT2D eigenvalue weighted by Gasteiger charge is -2.29. The summed E-state index contributed by atoms with van der Waals surface area (Å²) >= 11 is 0. The summed E-state index contributed by atoms with van der Waals surface area (Å²) in [7, 11) is -9.97. The SMILES string of the molecule is CCCC(N)(OP(=O)(O)O)P(=O)(O)O. The van der Waals surface area contributed by atoms with E-state index in [0.29, 0.717) is 0 Å². The standard InChI is InChI=1S/C4H13NO7P2/c1-2-3-4(5,13(6,7)8)12-14(9,10)11/h2-3,5H2,1H3,(H2,6,7,8)(H2,9,10,11). The van der Waals surface area contributed by atoms with Gasteiger partial charge in [0.1, 0.15) is 0 Å². The Labute approximate surface area is 80.5 Å². The predicted molar refractivity (Wildman–Crippen MR) is 47.0 cm³/mol. The summed E-state index contributed by atoms with van der Waals surface area (Å²) in [6.45, 7) is 1.54. The van der Waals surface area contributed by atoms with Crippen molar-refractivity contribution in [2.75, 3.05) is 0 Å². The highest BCUT2D eigenvalue weighted by Gasteiger charge is 2.48. The van der Waals surface area contributed by atoms with Crippen molar-refractivity contribution in [3.63, 3.8) is 0 Å². The van der Waals surface area contributed by atoms with E-state index in [1.54, 1.807) is 6.92 Å². The van der Waals surface area contributed by atoms with E-state index < -0.39 is 20.9 Å². The van der Waals surface area contributed by atoms with Gasteiger partial charge < -0.3 is 19.6 Å². The average Bonchev–Trinajstić information content (AvgIpc) is 1.79. The van der Waals surface area contributed by atoms with Crippen molar-refractivity contribution in [3.8, 4) is 0 Å². The molecular weight excluding hydrogens is 236 g/mol. The molecule has 1 atom stereocenters. The van der Waals surface area contributed by atoms with Crippen molar-refractivity contribution in [2.24, 2.45) is 5.73 Å². The molecule has 0 aromatic carbocycles. The van der Waals surface area contributed by atoms with Crippen LogP contribution in [0.25, 0.3) is 0 Å². The van der Waals surface area contributed by atoms with E-state index in [1.165, 1.54) is 0 Å². The minimum atomic E-state index is -5.03. The van der Waals surface area contributed by atoms with E-state index in [-0.39, 0.29) is 12.8 Å². The van der Waals surface area contributed by atoms with Crippen molar-refractivity contribution in [3.05, 3.63) is 0 Å². The molecule has 0 amide bonds. The number of hydrogen-bond donors (Lipinski definition) is 5. The normalized spacial score (nSPS) is 17.9. The van der Waals surface area contributed by atoms with Crippen LogP contribution in [0.2, 0.25) is 0 Å². The lowest BCUT2D eigenvalue weighted by atomic mass is 10.3. The topological polar surface area (TPSA) is 150 Å². The molecule has 0 aliphatic heterocycles. The van der Waals surface area contributed by atoms with Crippen LogP contribution in [0.1, 0.15) is 19.8 Å². The predicted octanol–water partition coefficient (Wildman–Crippen LogP) is -0.314. The summed E-state index contributed by atoms with van der Waals surface area (Å²) in [6.07, 6.45) is -0.149. The molecule has 8 nitrogen and oxygen atoms in total. The summed E-state index contributed by atoms with van der Waals surface area (Å²) in [4.78, 5) is 34.3. The fraction of sp³-hybridized carbons (Fsp3) is 1.00. The van der Waals surface area contributed by atoms with Gasteiger partial charge in [-0.2, -0.15) is 0 Å². The largest absolute Gasteiger partial charge is 0.471 e. The highest BCUT2D eigenvalue weighted by atomic mass is 31.2. The molecule has 0 heterocycles. The third-order valence-electron chi connectivity index (χ3n) is 1.38. The molecule has 6 N–H and O–H groups in total. The van der Waals surface area contributed by atoms with E-state index in [4.69, 9.17) is 25.3 Å². The van der Waals surface area contributed by atoms with Crippen molar-refractivity contribution in [2.45, 2.75) is 25.2 Å². The Morgan fingerprint density at radius 3 is 1.93 bits per heavy atom. The summed E-state index contributed by atoms with van der Waals surface area (Å²) < 4.78 is 25.2. The molecule has 10 heteroatoms. The van der Waals surface area contributed by atoms with Crippen molar-refractivity contribution in [1.82, 2.24) is 0 Å². The van der Waals surface area contributed by atoms with Crippen LogP contribution >= 0.6 is 15.4 Å². The Bertz CT molecular complexity index is 281. The summed E-state index contributed by atoms with van der Waals surface area (Å²) in [6, 6.07) is 0. The van der Waals surface area contributed by atoms with Crippen molar-refractivity contribution >= 4 is 15.4 Å². The minimum Gasteiger partial charge on any atom is -0.321 e. The Morgan fingerprint density at radius 2 is 1.71 bits per heavy atom. The fourth-order valence-electron chi connectivity index (χ4n) is 0.809. The molecule has 0 spiro atoms. The lowest BCUT2D eigenvalue weighted by Crippen LogP contribution is -2.41. The Hall–Kier alpha value is 0.220. The van der Waals surface area contributed by atoms with E-state index in [9.17, 15) is 9.13 Å². The first-order chi connectivity index (χ1) is 6.02. The molecule has 0 rings (SSSR count). The van der Waals surface area contributed by atoms with E-state index in [0.717, 1.165) is 0 Å². The van der Waals surface area contributed by atoms with Gasteiger partial charge in [0.15, 0.2) is 0 Å². The van der Waals surface area contributed by atoms with Crippen LogP contribution in [0, 0.1) is 0 Å². The summed E-state index contributed by atoms with van der Waals surface area (Å²) in [5, 5.41) is 0. The van der Waals surface area contributed by atoms with Gasteiger partial charge >= 0.3 is 15.4 Å².